The zero-order valence-corrected chi connectivity index (χ0v) is 11.3. The van der Waals surface area contributed by atoms with Gasteiger partial charge in [0.15, 0.2) is 0 Å². The van der Waals surface area contributed by atoms with E-state index in [1.807, 2.05) is 0 Å². The van der Waals surface area contributed by atoms with Crippen molar-refractivity contribution in [2.45, 2.75) is 52.5 Å². The minimum Gasteiger partial charge on any atom is -0.240 e. The quantitative estimate of drug-likeness (QED) is 0.645. The van der Waals surface area contributed by atoms with E-state index < -0.39 is 0 Å². The van der Waals surface area contributed by atoms with E-state index in [9.17, 15) is 0 Å². The first-order valence-electron chi connectivity index (χ1n) is 6.35. The minimum absolute atomic E-state index is 0.294. The van der Waals surface area contributed by atoms with Gasteiger partial charge in [0.1, 0.15) is 17.9 Å². The second-order valence-electron chi connectivity index (χ2n) is 6.84. The molecule has 1 aromatic rings. The van der Waals surface area contributed by atoms with Gasteiger partial charge in [0.05, 0.1) is 7.05 Å². The van der Waals surface area contributed by atoms with Gasteiger partial charge >= 0.3 is 0 Å². The Morgan fingerprint density at radius 2 is 1.94 bits per heavy atom. The summed E-state index contributed by atoms with van der Waals surface area (Å²) in [5, 5.41) is 0. The third kappa shape index (κ3) is 2.16. The summed E-state index contributed by atoms with van der Waals surface area (Å²) in [4.78, 5) is 0. The molecule has 2 rings (SSSR count). The predicted molar refractivity (Wildman–Crippen MR) is 66.1 cm³/mol. The first-order valence-corrected chi connectivity index (χ1v) is 6.35. The summed E-state index contributed by atoms with van der Waals surface area (Å²) in [6, 6.07) is 0. The lowest BCUT2D eigenvalue weighted by molar-refractivity contribution is -0.671. The zero-order valence-electron chi connectivity index (χ0n) is 11.3. The van der Waals surface area contributed by atoms with Crippen LogP contribution in [0.1, 0.15) is 47.0 Å². The molecule has 0 radical (unpaired) electrons. The van der Waals surface area contributed by atoms with E-state index in [-0.39, 0.29) is 0 Å². The molecule has 0 N–H and O–H groups in total. The lowest BCUT2D eigenvalue weighted by Crippen LogP contribution is -2.42. The van der Waals surface area contributed by atoms with Crippen molar-refractivity contribution in [3.63, 3.8) is 0 Å². The largest absolute Gasteiger partial charge is 0.243 e. The molecular weight excluding hydrogens is 196 g/mol. The summed E-state index contributed by atoms with van der Waals surface area (Å²) >= 11 is 0. The average molecular weight is 221 g/mol. The Hall–Kier alpha value is -0.790. The lowest BCUT2D eigenvalue weighted by Gasteiger charge is -2.43. The summed E-state index contributed by atoms with van der Waals surface area (Å²) in [6.07, 6.45) is 10.5. The maximum atomic E-state index is 2.41. The molecule has 1 aromatic heterocycles. The van der Waals surface area contributed by atoms with E-state index >= 15 is 0 Å². The molecule has 2 atom stereocenters. The monoisotopic (exact) mass is 221 g/mol. The fourth-order valence-electron chi connectivity index (χ4n) is 3.91. The lowest BCUT2D eigenvalue weighted by atomic mass is 9.65. The van der Waals surface area contributed by atoms with Crippen molar-refractivity contribution in [1.29, 1.82) is 0 Å². The van der Waals surface area contributed by atoms with Crippen LogP contribution in [0.4, 0.5) is 0 Å². The highest BCUT2D eigenvalue weighted by Crippen LogP contribution is 2.47. The fraction of sp³-hybridized carbons (Fsp3) is 0.786. The second-order valence-corrected chi connectivity index (χ2v) is 6.84. The molecule has 1 aliphatic carbocycles. The van der Waals surface area contributed by atoms with Crippen LogP contribution in [0, 0.1) is 11.3 Å². The van der Waals surface area contributed by atoms with Crippen molar-refractivity contribution in [2.24, 2.45) is 18.4 Å². The number of rotatable bonds is 1. The van der Waals surface area contributed by atoms with E-state index in [4.69, 9.17) is 0 Å². The molecule has 0 aromatic carbocycles. The maximum Gasteiger partial charge on any atom is 0.243 e. The summed E-state index contributed by atoms with van der Waals surface area (Å²) in [6.45, 7) is 9.61. The molecule has 0 aliphatic heterocycles. The van der Waals surface area contributed by atoms with Gasteiger partial charge in [0, 0.05) is 0 Å². The van der Waals surface area contributed by atoms with Crippen molar-refractivity contribution < 1.29 is 4.57 Å². The Bertz CT molecular complexity index is 378. The van der Waals surface area contributed by atoms with Crippen molar-refractivity contribution in [3.05, 3.63) is 18.7 Å². The van der Waals surface area contributed by atoms with Gasteiger partial charge < -0.3 is 0 Å². The van der Waals surface area contributed by atoms with Gasteiger partial charge in [-0.25, -0.2) is 9.13 Å². The number of imidazole rings is 1. The van der Waals surface area contributed by atoms with Gasteiger partial charge in [0.25, 0.3) is 0 Å². The van der Waals surface area contributed by atoms with Gasteiger partial charge in [-0.1, -0.05) is 20.8 Å². The van der Waals surface area contributed by atoms with Crippen LogP contribution in [0.25, 0.3) is 0 Å². The molecule has 0 saturated heterocycles. The number of aryl methyl sites for hydroxylation is 1. The molecule has 1 unspecified atom stereocenters. The van der Waals surface area contributed by atoms with E-state index in [1.54, 1.807) is 0 Å². The number of hydrogen-bond acceptors (Lipinski definition) is 0. The average Bonchev–Trinajstić information content (AvgIpc) is 2.47. The molecular formula is C14H25N2+. The third-order valence-corrected chi connectivity index (χ3v) is 3.94. The Labute approximate surface area is 99.3 Å². The van der Waals surface area contributed by atoms with E-state index in [0.717, 1.165) is 5.92 Å². The smallest absolute Gasteiger partial charge is 0.240 e. The standard InChI is InChI=1S/C14H25N2/c1-12-8-13(2,3)10-14(4,9-12)16-7-6-15(5)11-16/h6-7,11-12H,8-10H2,1-5H3/q+1/t12-,14?/m0/s1. The Balaban J connectivity index is 2.30. The summed E-state index contributed by atoms with van der Waals surface area (Å²) in [5.41, 5.74) is 0.762. The molecule has 2 heteroatoms. The highest BCUT2D eigenvalue weighted by molar-refractivity contribution is 4.95. The Kier molecular flexibility index (Phi) is 2.64. The fourth-order valence-corrected chi connectivity index (χ4v) is 3.91. The maximum absolute atomic E-state index is 2.41. The number of aromatic nitrogens is 2. The van der Waals surface area contributed by atoms with Crippen LogP contribution in [0.2, 0.25) is 0 Å². The normalized spacial score (nSPS) is 33.9. The first-order chi connectivity index (χ1) is 7.31. The molecule has 16 heavy (non-hydrogen) atoms. The van der Waals surface area contributed by atoms with Gasteiger partial charge in [-0.15, -0.1) is 0 Å². The molecule has 2 nitrogen and oxygen atoms in total. The van der Waals surface area contributed by atoms with E-state index in [0.29, 0.717) is 11.0 Å². The molecule has 0 bridgehead atoms. The van der Waals surface area contributed by atoms with Crippen LogP contribution in [-0.4, -0.2) is 4.57 Å². The van der Waals surface area contributed by atoms with Crippen LogP contribution in [0.5, 0.6) is 0 Å². The van der Waals surface area contributed by atoms with Crippen LogP contribution < -0.4 is 4.57 Å². The van der Waals surface area contributed by atoms with Crippen LogP contribution in [0.15, 0.2) is 18.7 Å². The molecule has 1 fully saturated rings. The van der Waals surface area contributed by atoms with Crippen LogP contribution >= 0.6 is 0 Å². The molecule has 0 amide bonds. The summed E-state index contributed by atoms with van der Waals surface area (Å²) in [7, 11) is 2.09. The van der Waals surface area contributed by atoms with Gasteiger partial charge in [-0.2, -0.15) is 0 Å². The van der Waals surface area contributed by atoms with Crippen molar-refractivity contribution in [3.8, 4) is 0 Å². The summed E-state index contributed by atoms with van der Waals surface area (Å²) in [5.74, 6) is 0.821. The Morgan fingerprint density at radius 3 is 2.44 bits per heavy atom. The first kappa shape index (κ1) is 11.7. The summed E-state index contributed by atoms with van der Waals surface area (Å²) < 4.78 is 4.54. The SMILES string of the molecule is C[C@H]1CC(C)(C)CC(C)(n2cc[n+](C)c2)C1. The topological polar surface area (TPSA) is 8.81 Å². The Morgan fingerprint density at radius 1 is 1.25 bits per heavy atom. The third-order valence-electron chi connectivity index (χ3n) is 3.94. The molecule has 1 saturated carbocycles. The van der Waals surface area contributed by atoms with E-state index in [1.165, 1.54) is 19.3 Å². The van der Waals surface area contributed by atoms with Gasteiger partial charge in [-0.3, -0.25) is 0 Å². The number of nitrogens with zero attached hydrogens (tertiary/aromatic N) is 2. The molecule has 1 aliphatic rings. The highest BCUT2D eigenvalue weighted by Gasteiger charge is 2.43. The minimum atomic E-state index is 0.294. The predicted octanol–water partition coefficient (Wildman–Crippen LogP) is 2.87. The molecule has 1 heterocycles. The van der Waals surface area contributed by atoms with Crippen molar-refractivity contribution >= 4 is 0 Å². The highest BCUT2D eigenvalue weighted by atomic mass is 15.1. The molecule has 0 spiro atoms. The van der Waals surface area contributed by atoms with Crippen LogP contribution in [0.3, 0.4) is 0 Å². The van der Waals surface area contributed by atoms with Crippen LogP contribution in [-0.2, 0) is 12.6 Å². The van der Waals surface area contributed by atoms with Crippen molar-refractivity contribution in [1.82, 2.24) is 4.57 Å². The zero-order chi connectivity index (χ0) is 12.0. The van der Waals surface area contributed by atoms with Gasteiger partial charge in [0.2, 0.25) is 6.33 Å². The van der Waals surface area contributed by atoms with Gasteiger partial charge in [-0.05, 0) is 37.5 Å². The molecule has 90 valence electrons. The second kappa shape index (κ2) is 3.61. The van der Waals surface area contributed by atoms with E-state index in [2.05, 4.69) is 62.6 Å². The number of hydrogen-bond donors (Lipinski definition) is 0. The van der Waals surface area contributed by atoms with Crippen molar-refractivity contribution in [2.75, 3.05) is 0 Å².